The van der Waals surface area contributed by atoms with Crippen molar-refractivity contribution in [1.82, 2.24) is 10.2 Å². The predicted octanol–water partition coefficient (Wildman–Crippen LogP) is 5.58. The molecule has 186 valence electrons. The summed E-state index contributed by atoms with van der Waals surface area (Å²) in [5.41, 5.74) is 1.67. The Morgan fingerprint density at radius 1 is 1.26 bits per heavy atom. The number of anilines is 1. The van der Waals surface area contributed by atoms with Gasteiger partial charge in [0, 0.05) is 36.3 Å². The van der Waals surface area contributed by atoms with Gasteiger partial charge in [-0.1, -0.05) is 50.2 Å². The van der Waals surface area contributed by atoms with Crippen LogP contribution >= 0.6 is 11.6 Å². The average molecular weight is 490 g/mol. The largest absolute Gasteiger partial charge is 0.356 e. The zero-order valence-corrected chi connectivity index (χ0v) is 21.4. The Bertz CT molecular complexity index is 926. The maximum absolute atomic E-state index is 15.5. The molecule has 5 nitrogen and oxygen atoms in total. The molecule has 0 bridgehead atoms. The molecule has 3 atom stereocenters. The van der Waals surface area contributed by atoms with Crippen LogP contribution in [0.4, 0.5) is 10.1 Å². The summed E-state index contributed by atoms with van der Waals surface area (Å²) in [6.45, 7) is 12.8. The van der Waals surface area contributed by atoms with Crippen LogP contribution in [0.1, 0.15) is 39.2 Å². The zero-order valence-electron chi connectivity index (χ0n) is 20.6. The molecule has 1 heterocycles. The van der Waals surface area contributed by atoms with Gasteiger partial charge in [0.25, 0.3) is 0 Å². The number of amides is 2. The highest BCUT2D eigenvalue weighted by atomic mass is 35.5. The van der Waals surface area contributed by atoms with Crippen molar-refractivity contribution in [3.63, 3.8) is 0 Å². The Morgan fingerprint density at radius 3 is 2.56 bits per heavy atom. The Labute approximate surface area is 208 Å². The summed E-state index contributed by atoms with van der Waals surface area (Å²) >= 11 is 5.74. The Morgan fingerprint density at radius 2 is 1.97 bits per heavy atom. The van der Waals surface area contributed by atoms with E-state index in [1.54, 1.807) is 0 Å². The van der Waals surface area contributed by atoms with E-state index in [0.717, 1.165) is 18.4 Å². The van der Waals surface area contributed by atoms with Gasteiger partial charge in [0.15, 0.2) is 0 Å². The maximum Gasteiger partial charge on any atom is 0.242 e. The Balaban J connectivity index is 0.00000199. The zero-order chi connectivity index (χ0) is 25.3. The van der Waals surface area contributed by atoms with Crippen molar-refractivity contribution in [2.24, 2.45) is 17.8 Å². The predicted molar refractivity (Wildman–Crippen MR) is 138 cm³/mol. The highest BCUT2D eigenvalue weighted by molar-refractivity contribution is 6.30. The number of nitrogens with one attached hydrogen (secondary N) is 2. The summed E-state index contributed by atoms with van der Waals surface area (Å²) in [7, 11) is 0. The minimum absolute atomic E-state index is 0.238. The van der Waals surface area contributed by atoms with Crippen LogP contribution in [-0.2, 0) is 9.59 Å². The summed E-state index contributed by atoms with van der Waals surface area (Å²) in [5, 5.41) is 6.02. The van der Waals surface area contributed by atoms with Crippen LogP contribution in [0.15, 0.2) is 59.9 Å². The number of hydrogen-bond acceptors (Lipinski definition) is 3. The molecule has 0 radical (unpaired) electrons. The number of aryl methyl sites for hydroxylation is 1. The number of rotatable bonds is 9. The number of likely N-dealkylation sites (tertiary alicyclic amines) is 1. The number of carbonyl (C=O) groups excluding carboxylic acids is 2. The van der Waals surface area contributed by atoms with Crippen LogP contribution in [0.3, 0.4) is 0 Å². The summed E-state index contributed by atoms with van der Waals surface area (Å²) in [6.07, 6.45) is 6.40. The van der Waals surface area contributed by atoms with E-state index in [9.17, 15) is 9.59 Å². The third-order valence-electron chi connectivity index (χ3n) is 5.88. The normalized spacial score (nSPS) is 22.8. The second-order valence-corrected chi connectivity index (χ2v) is 9.07. The first-order chi connectivity index (χ1) is 16.3. The second kappa shape index (κ2) is 13.4. The Hall–Kier alpha value is -2.44. The van der Waals surface area contributed by atoms with E-state index in [1.807, 2.05) is 56.9 Å². The molecule has 1 aliphatic heterocycles. The summed E-state index contributed by atoms with van der Waals surface area (Å²) in [5.74, 6) is -2.12. The van der Waals surface area contributed by atoms with E-state index in [-0.39, 0.29) is 16.8 Å². The second-order valence-electron chi connectivity index (χ2n) is 8.59. The van der Waals surface area contributed by atoms with Gasteiger partial charge in [-0.15, -0.1) is 0 Å². The fourth-order valence-corrected chi connectivity index (χ4v) is 4.34. The molecule has 34 heavy (non-hydrogen) atoms. The molecule has 0 aromatic heterocycles. The summed E-state index contributed by atoms with van der Waals surface area (Å²) < 4.78 is 15.5. The van der Waals surface area contributed by atoms with Crippen molar-refractivity contribution < 1.29 is 14.0 Å². The summed E-state index contributed by atoms with van der Waals surface area (Å²) in [6, 6.07) is 6.70. The van der Waals surface area contributed by atoms with Crippen molar-refractivity contribution in [2.45, 2.75) is 46.6 Å². The van der Waals surface area contributed by atoms with Crippen molar-refractivity contribution in [3.8, 4) is 0 Å². The van der Waals surface area contributed by atoms with Crippen LogP contribution in [0.2, 0.25) is 0 Å². The van der Waals surface area contributed by atoms with Gasteiger partial charge in [0.1, 0.15) is 5.83 Å². The van der Waals surface area contributed by atoms with Gasteiger partial charge in [-0.05, 0) is 62.5 Å². The number of halogens is 2. The number of allylic oxidation sites excluding steroid dienone is 4. The standard InChI is InChI=1S/C25H31ClFN3O2.C2H6/c1-4-28-24(31)20-15-30(14-18-11-12-18)23(22(20)21(27)10-6-8-17(3)26)25(32)29-19-9-5-7-16(2)13-19;1-2/h5-10,13,18,20,22-23H,3-4,11-12,14-15H2,1-2H3,(H,28,31)(H,29,32);1-2H3/b8-6-,21-10-;/t20-,22?,23?;/m1./s1. The first-order valence-electron chi connectivity index (χ1n) is 12.1. The van der Waals surface area contributed by atoms with E-state index in [1.165, 1.54) is 18.2 Å². The van der Waals surface area contributed by atoms with Crippen LogP contribution in [0, 0.1) is 24.7 Å². The molecule has 1 aromatic rings. The van der Waals surface area contributed by atoms with Crippen molar-refractivity contribution in [1.29, 1.82) is 0 Å². The van der Waals surface area contributed by atoms with Crippen LogP contribution in [0.25, 0.3) is 0 Å². The third kappa shape index (κ3) is 7.81. The van der Waals surface area contributed by atoms with Crippen LogP contribution < -0.4 is 10.6 Å². The van der Waals surface area contributed by atoms with Gasteiger partial charge in [-0.3, -0.25) is 14.5 Å². The molecule has 2 fully saturated rings. The molecular formula is C27H37ClFN3O2. The van der Waals surface area contributed by atoms with E-state index in [0.29, 0.717) is 31.2 Å². The molecule has 2 N–H and O–H groups in total. The van der Waals surface area contributed by atoms with Crippen LogP contribution in [0.5, 0.6) is 0 Å². The minimum atomic E-state index is -0.890. The monoisotopic (exact) mass is 489 g/mol. The lowest BCUT2D eigenvalue weighted by Crippen LogP contribution is -2.44. The highest BCUT2D eigenvalue weighted by Gasteiger charge is 2.51. The fraction of sp³-hybridized carbons (Fsp3) is 0.481. The van der Waals surface area contributed by atoms with Gasteiger partial charge in [0.05, 0.1) is 12.0 Å². The fourth-order valence-electron chi connectivity index (χ4n) is 4.26. The first-order valence-corrected chi connectivity index (χ1v) is 12.5. The first kappa shape index (κ1) is 27.8. The molecule has 1 saturated heterocycles. The third-order valence-corrected chi connectivity index (χ3v) is 6.01. The molecule has 1 aromatic carbocycles. The molecular weight excluding hydrogens is 453 g/mol. The lowest BCUT2D eigenvalue weighted by molar-refractivity contribution is -0.125. The minimum Gasteiger partial charge on any atom is -0.356 e. The smallest absolute Gasteiger partial charge is 0.242 e. The quantitative estimate of drug-likeness (QED) is 0.445. The number of nitrogens with zero attached hydrogens (tertiary/aromatic N) is 1. The maximum atomic E-state index is 15.5. The molecule has 2 amide bonds. The lowest BCUT2D eigenvalue weighted by Gasteiger charge is -2.27. The average Bonchev–Trinajstić information content (AvgIpc) is 3.52. The lowest BCUT2D eigenvalue weighted by atomic mass is 9.87. The molecule has 0 spiro atoms. The molecule has 1 saturated carbocycles. The van der Waals surface area contributed by atoms with Crippen molar-refractivity contribution in [2.75, 3.05) is 25.0 Å². The molecule has 7 heteroatoms. The SMILES string of the molecule is C=C(Cl)/C=C\C=C(/F)C1C(C(=O)Nc2cccc(C)c2)N(CC2CC2)C[C@H]1C(=O)NCC.CC. The number of benzene rings is 1. The van der Waals surface area contributed by atoms with Gasteiger partial charge in [0.2, 0.25) is 11.8 Å². The van der Waals surface area contributed by atoms with E-state index in [4.69, 9.17) is 11.6 Å². The van der Waals surface area contributed by atoms with Gasteiger partial charge in [-0.25, -0.2) is 4.39 Å². The van der Waals surface area contributed by atoms with Crippen LogP contribution in [-0.4, -0.2) is 42.4 Å². The van der Waals surface area contributed by atoms with Gasteiger partial charge < -0.3 is 10.6 Å². The molecule has 2 unspecified atom stereocenters. The van der Waals surface area contributed by atoms with E-state index in [2.05, 4.69) is 17.2 Å². The van der Waals surface area contributed by atoms with E-state index < -0.39 is 23.7 Å². The highest BCUT2D eigenvalue weighted by Crippen LogP contribution is 2.40. The van der Waals surface area contributed by atoms with Crippen molar-refractivity contribution >= 4 is 29.1 Å². The summed E-state index contributed by atoms with van der Waals surface area (Å²) in [4.78, 5) is 28.3. The number of hydrogen-bond donors (Lipinski definition) is 2. The van der Waals surface area contributed by atoms with Gasteiger partial charge in [-0.2, -0.15) is 0 Å². The molecule has 3 rings (SSSR count). The topological polar surface area (TPSA) is 61.4 Å². The molecule has 2 aliphatic rings. The van der Waals surface area contributed by atoms with Crippen molar-refractivity contribution in [3.05, 3.63) is 65.5 Å². The molecule has 1 aliphatic carbocycles. The van der Waals surface area contributed by atoms with Gasteiger partial charge >= 0.3 is 0 Å². The number of carbonyl (C=O) groups is 2. The van der Waals surface area contributed by atoms with E-state index >= 15 is 4.39 Å². The Kier molecular flexibility index (Phi) is 11.0.